The van der Waals surface area contributed by atoms with Crippen molar-refractivity contribution in [1.29, 1.82) is 0 Å². The number of unbranched alkanes of at least 4 members (excludes halogenated alkanes) is 3. The van der Waals surface area contributed by atoms with E-state index in [0.29, 0.717) is 123 Å². The molecule has 2 fully saturated rings. The fraction of sp³-hybridized carbons (Fsp3) is 0.701. The summed E-state index contributed by atoms with van der Waals surface area (Å²) in [6, 6.07) is 16.8. The van der Waals surface area contributed by atoms with Crippen LogP contribution >= 0.6 is 22.6 Å². The summed E-state index contributed by atoms with van der Waals surface area (Å²) in [5.74, 6) is -11.4. The molecule has 784 valence electrons. The van der Waals surface area contributed by atoms with E-state index in [1.807, 2.05) is 81.4 Å². The van der Waals surface area contributed by atoms with E-state index in [0.717, 1.165) is 25.5 Å². The molecule has 5 amide bonds. The van der Waals surface area contributed by atoms with E-state index >= 15 is 0 Å². The van der Waals surface area contributed by atoms with Gasteiger partial charge < -0.3 is 64.5 Å². The monoisotopic (exact) mass is 2070 g/mol. The molecule has 33 heteroatoms. The molecular formula is C107H165IN8O24. The standard InChI is InChI=1S/C107H165IN8O24/c1-101(2,3)134-90(122)49-48-86(98(130)139-106(16,17)18)113-100(132)112-85(97(129)133-22)36-28-29-52-109-95(127)79(60-74-40-43-75-32-26-27-33-77(75)59-74)65-88(120)76-44-38-73(39-45-76)67-110-94(126)78(62-83(118)63-80(96(128)138-105(13,14)15)64-84(119)66-87(99(131)140-107(19,20)21)111-89(121)37-30-31-71-41-46-81(108)47-42-71)34-24-23-25-35-82(117)61-72-50-53-114(68-91(123)135-102(4,5)6)55-57-116(70-93(125)137-104(10,11)12)58-56-115(54-51-72)69-92(124)136-103(7,8)9/h26-27,32-33,40-43,46-47,59,72-73,76,78-80,85-87H,23-25,28-31,34-39,44-45,48-58,60-70H2,1-22H3,(H,109,127)(H,110,126)(H,111,121)(H2,112,113,132). The lowest BCUT2D eigenvalue weighted by atomic mass is 9.77. The minimum atomic E-state index is -1.43. The molecule has 5 rings (SSSR count). The Balaban J connectivity index is 1.35. The van der Waals surface area contributed by atoms with Gasteiger partial charge in [-0.3, -0.25) is 72.2 Å². The number of methoxy groups -OCH3 is 1. The van der Waals surface area contributed by atoms with E-state index in [2.05, 4.69) is 49.2 Å². The number of benzene rings is 3. The number of ketones is 4. The number of esters is 8. The zero-order chi connectivity index (χ0) is 105. The van der Waals surface area contributed by atoms with Gasteiger partial charge in [0.2, 0.25) is 17.7 Å². The summed E-state index contributed by atoms with van der Waals surface area (Å²) in [5, 5.41) is 15.9. The molecule has 1 aliphatic carbocycles. The Hall–Kier alpha value is -9.35. The second kappa shape index (κ2) is 57.8. The molecule has 0 radical (unpaired) electrons. The molecule has 2 aliphatic rings. The molecular weight excluding hydrogens is 1910 g/mol. The molecule has 0 bridgehead atoms. The number of urea groups is 1. The molecule has 3 aromatic carbocycles. The predicted octanol–water partition coefficient (Wildman–Crippen LogP) is 14.8. The number of carbonyl (C=O) groups is 16. The van der Waals surface area contributed by atoms with Crippen molar-refractivity contribution in [3.05, 3.63) is 81.4 Å². The largest absolute Gasteiger partial charge is 0.467 e. The first-order valence-electron chi connectivity index (χ1n) is 50.1. The lowest BCUT2D eigenvalue weighted by Crippen LogP contribution is -2.52. The first kappa shape index (κ1) is 121. The number of hydrogen-bond acceptors (Lipinski definition) is 27. The third kappa shape index (κ3) is 52.6. The van der Waals surface area contributed by atoms with E-state index in [9.17, 15) is 76.7 Å². The van der Waals surface area contributed by atoms with Gasteiger partial charge in [0.05, 0.1) is 32.7 Å². The molecule has 5 N–H and O–H groups in total. The highest BCUT2D eigenvalue weighted by molar-refractivity contribution is 14.1. The van der Waals surface area contributed by atoms with E-state index < -0.39 is 177 Å². The molecule has 1 saturated carbocycles. The number of hydrogen-bond donors (Lipinski definition) is 5. The van der Waals surface area contributed by atoms with Gasteiger partial charge in [0.25, 0.3) is 0 Å². The Labute approximate surface area is 844 Å². The van der Waals surface area contributed by atoms with Gasteiger partial charge in [0, 0.05) is 118 Å². The van der Waals surface area contributed by atoms with Gasteiger partial charge in [0.1, 0.15) is 80.5 Å². The number of nitrogens with one attached hydrogen (secondary N) is 5. The summed E-state index contributed by atoms with van der Waals surface area (Å²) >= 11 is 2.21. The average molecular weight is 2070 g/mol. The fourth-order valence-corrected chi connectivity index (χ4v) is 17.2. The maximum Gasteiger partial charge on any atom is 0.329 e. The number of aryl methyl sites for hydroxylation is 1. The number of carbonyl (C=O) groups excluding carboxylic acids is 16. The molecule has 6 unspecified atom stereocenters. The summed E-state index contributed by atoms with van der Waals surface area (Å²) in [7, 11) is 1.17. The zero-order valence-corrected chi connectivity index (χ0v) is 89.9. The van der Waals surface area contributed by atoms with Crippen molar-refractivity contribution in [2.75, 3.05) is 79.1 Å². The first-order valence-corrected chi connectivity index (χ1v) is 51.2. The van der Waals surface area contributed by atoms with Crippen LogP contribution in [0.25, 0.3) is 10.8 Å². The minimum absolute atomic E-state index is 0.00779. The molecule has 0 aromatic heterocycles. The average Bonchev–Trinajstić information content (AvgIpc) is 0.828. The Bertz CT molecular complexity index is 4530. The number of Topliss-reactive ketones (excluding diaryl/α,β-unsaturated/α-hetero) is 4. The summed E-state index contributed by atoms with van der Waals surface area (Å²) in [5.41, 5.74) is -4.17. The van der Waals surface area contributed by atoms with Crippen LogP contribution in [0.4, 0.5) is 4.79 Å². The van der Waals surface area contributed by atoms with Crippen molar-refractivity contribution < 1.29 is 115 Å². The minimum Gasteiger partial charge on any atom is -0.467 e. The topological polar surface area (TPSA) is 417 Å². The van der Waals surface area contributed by atoms with Crippen LogP contribution in [0, 0.1) is 39.1 Å². The van der Waals surface area contributed by atoms with Crippen LogP contribution in [0.5, 0.6) is 0 Å². The van der Waals surface area contributed by atoms with Crippen LogP contribution in [0.3, 0.4) is 0 Å². The van der Waals surface area contributed by atoms with Crippen molar-refractivity contribution in [3.63, 3.8) is 0 Å². The van der Waals surface area contributed by atoms with Gasteiger partial charge in [-0.25, -0.2) is 19.2 Å². The van der Waals surface area contributed by atoms with E-state index in [4.69, 9.17) is 37.9 Å². The number of nitrogens with zero attached hydrogens (tertiary/aromatic N) is 3. The highest BCUT2D eigenvalue weighted by Crippen LogP contribution is 2.34. The van der Waals surface area contributed by atoms with Crippen LogP contribution in [0.2, 0.25) is 0 Å². The summed E-state index contributed by atoms with van der Waals surface area (Å²) in [6.07, 6.45) is 4.53. The molecule has 1 heterocycles. The first-order chi connectivity index (χ1) is 65.1. The van der Waals surface area contributed by atoms with Crippen molar-refractivity contribution >= 4 is 128 Å². The lowest BCUT2D eigenvalue weighted by molar-refractivity contribution is -0.163. The van der Waals surface area contributed by atoms with Crippen molar-refractivity contribution in [3.8, 4) is 0 Å². The maximum atomic E-state index is 14.9. The molecule has 6 atom stereocenters. The summed E-state index contributed by atoms with van der Waals surface area (Å²) in [6.45, 7) is 38.7. The Morgan fingerprint density at radius 2 is 0.836 bits per heavy atom. The second-order valence-corrected chi connectivity index (χ2v) is 46.0. The van der Waals surface area contributed by atoms with Crippen LogP contribution < -0.4 is 26.6 Å². The van der Waals surface area contributed by atoms with Crippen LogP contribution in [-0.4, -0.2) is 246 Å². The summed E-state index contributed by atoms with van der Waals surface area (Å²) < 4.78 is 45.8. The van der Waals surface area contributed by atoms with E-state index in [-0.39, 0.29) is 126 Å². The van der Waals surface area contributed by atoms with Crippen LogP contribution in [-0.2, 0) is 123 Å². The maximum absolute atomic E-state index is 14.9. The second-order valence-electron chi connectivity index (χ2n) is 44.7. The lowest BCUT2D eigenvalue weighted by Gasteiger charge is -2.33. The van der Waals surface area contributed by atoms with Gasteiger partial charge in [-0.05, 0) is 323 Å². The smallest absolute Gasteiger partial charge is 0.329 e. The third-order valence-corrected chi connectivity index (χ3v) is 24.1. The number of rotatable bonds is 50. The van der Waals surface area contributed by atoms with Crippen LogP contribution in [0.15, 0.2) is 66.7 Å². The molecule has 3 aromatic rings. The van der Waals surface area contributed by atoms with Gasteiger partial charge >= 0.3 is 53.8 Å². The third-order valence-electron chi connectivity index (χ3n) is 23.3. The molecule has 0 spiro atoms. The van der Waals surface area contributed by atoms with Gasteiger partial charge in [-0.15, -0.1) is 0 Å². The number of halogens is 1. The molecule has 1 saturated heterocycles. The van der Waals surface area contributed by atoms with Crippen molar-refractivity contribution in [2.24, 2.45) is 35.5 Å². The summed E-state index contributed by atoms with van der Waals surface area (Å²) in [4.78, 5) is 228. The highest BCUT2D eigenvalue weighted by Gasteiger charge is 2.39. The number of amides is 5. The van der Waals surface area contributed by atoms with Crippen molar-refractivity contribution in [2.45, 2.75) is 370 Å². The zero-order valence-electron chi connectivity index (χ0n) is 87.7. The van der Waals surface area contributed by atoms with Gasteiger partial charge in [-0.2, -0.15) is 0 Å². The molecule has 140 heavy (non-hydrogen) atoms. The quantitative estimate of drug-likeness (QED) is 0.0152. The molecule has 1 aliphatic heterocycles. The van der Waals surface area contributed by atoms with Gasteiger partial charge in [0.15, 0.2) is 0 Å². The number of ether oxygens (including phenoxy) is 8. The Morgan fingerprint density at radius 3 is 1.36 bits per heavy atom. The SMILES string of the molecule is COC(=O)C(CCCCNC(=O)C(CC(=O)C1CCC(CNC(=O)C(CCCCCC(=O)CC2CCN(CC(=O)OC(C)(C)C)CCN(CC(=O)OC(C)(C)C)CCN(CC(=O)OC(C)(C)C)CC2)CC(=O)CC(CC(=O)CC(NC(=O)CCCc2ccc(I)cc2)C(=O)OC(C)(C)C)C(=O)OC(C)(C)C)CC1)Cc1ccc2ccccc2c1)NC(=O)NC(CCC(=O)OC(C)(C)C)C(=O)OC(C)(C)C. The van der Waals surface area contributed by atoms with Crippen LogP contribution in [0.1, 0.15) is 311 Å². The van der Waals surface area contributed by atoms with Gasteiger partial charge in [-0.1, -0.05) is 67.4 Å². The Kier molecular flexibility index (Phi) is 50.0. The normalized spacial score (nSPS) is 16.8. The highest BCUT2D eigenvalue weighted by atomic mass is 127. The Morgan fingerprint density at radius 1 is 0.379 bits per heavy atom. The predicted molar refractivity (Wildman–Crippen MR) is 542 cm³/mol. The van der Waals surface area contributed by atoms with Crippen molar-refractivity contribution in [1.82, 2.24) is 41.3 Å². The molecule has 32 nitrogen and oxygen atoms in total. The fourth-order valence-electron chi connectivity index (χ4n) is 16.8. The number of fused-ring (bicyclic) bond motifs is 1. The van der Waals surface area contributed by atoms with E-state index in [1.165, 1.54) is 7.11 Å². The van der Waals surface area contributed by atoms with E-state index in [1.54, 1.807) is 145 Å².